The number of alkyl halides is 7. The summed E-state index contributed by atoms with van der Waals surface area (Å²) >= 11 is 0. The molecule has 0 saturated heterocycles. The zero-order valence-corrected chi connectivity index (χ0v) is 24.2. The van der Waals surface area contributed by atoms with Gasteiger partial charge in [0.15, 0.2) is 5.69 Å². The van der Waals surface area contributed by atoms with Gasteiger partial charge in [0.05, 0.1) is 19.3 Å². The summed E-state index contributed by atoms with van der Waals surface area (Å²) < 4.78 is 99.3. The number of benzene rings is 2. The molecule has 13 nitrogen and oxygen atoms in total. The summed E-state index contributed by atoms with van der Waals surface area (Å²) in [5.74, 6) is -2.17. The number of amides is 2. The molecule has 0 saturated carbocycles. The molecular weight excluding hydrogens is 663 g/mol. The summed E-state index contributed by atoms with van der Waals surface area (Å²) in [7, 11) is 0. The zero-order chi connectivity index (χ0) is 35.1. The Morgan fingerprint density at radius 1 is 0.958 bits per heavy atom. The molecule has 20 heteroatoms. The zero-order valence-electron chi connectivity index (χ0n) is 24.2. The number of carbonyl (C=O) groups is 2. The van der Waals surface area contributed by atoms with Gasteiger partial charge in [0, 0.05) is 19.3 Å². The van der Waals surface area contributed by atoms with E-state index in [1.165, 1.54) is 24.3 Å². The second-order valence-corrected chi connectivity index (χ2v) is 9.90. The van der Waals surface area contributed by atoms with Crippen LogP contribution < -0.4 is 30.5 Å². The summed E-state index contributed by atoms with van der Waals surface area (Å²) in [6, 6.07) is 10.6. The lowest BCUT2D eigenvalue weighted by molar-refractivity contribution is -0.275. The Morgan fingerprint density at radius 2 is 1.58 bits per heavy atom. The van der Waals surface area contributed by atoms with Crippen molar-refractivity contribution in [3.8, 4) is 11.5 Å². The third-order valence-corrected chi connectivity index (χ3v) is 6.25. The van der Waals surface area contributed by atoms with Crippen molar-refractivity contribution >= 4 is 17.8 Å². The fraction of sp³-hybridized carbons (Fsp3) is 0.286. The van der Waals surface area contributed by atoms with Gasteiger partial charge in [-0.1, -0.05) is 29.5 Å². The molecule has 0 spiro atoms. The first-order valence-electron chi connectivity index (χ1n) is 13.6. The molecular formula is C28H23F7N7O6-. The van der Waals surface area contributed by atoms with Crippen molar-refractivity contribution in [1.29, 1.82) is 0 Å². The molecule has 2 aromatic carbocycles. The topological polar surface area (TPSA) is 157 Å². The number of anilines is 1. The van der Waals surface area contributed by atoms with Crippen LogP contribution in [0.4, 0.5) is 41.3 Å². The summed E-state index contributed by atoms with van der Waals surface area (Å²) in [5.41, 5.74) is -0.768. The summed E-state index contributed by atoms with van der Waals surface area (Å²) in [6.45, 7) is -1.26. The smallest absolute Gasteiger partial charge is 0.530 e. The second kappa shape index (κ2) is 14.8. The molecule has 2 heterocycles. The number of nitrogens with one attached hydrogen (secondary N) is 1. The van der Waals surface area contributed by atoms with Crippen LogP contribution in [-0.4, -0.2) is 55.4 Å². The number of carbonyl (C=O) groups excluding carboxylic acids is 2. The molecule has 0 fully saturated rings. The van der Waals surface area contributed by atoms with Crippen LogP contribution >= 0.6 is 0 Å². The summed E-state index contributed by atoms with van der Waals surface area (Å²) in [6.07, 6.45) is -11.2. The van der Waals surface area contributed by atoms with Gasteiger partial charge in [-0.05, 0) is 47.9 Å². The molecule has 0 radical (unpaired) electrons. The van der Waals surface area contributed by atoms with Crippen molar-refractivity contribution in [2.24, 2.45) is 0 Å². The minimum Gasteiger partial charge on any atom is -0.530 e. The Hall–Kier alpha value is -5.69. The molecule has 2 aromatic heterocycles. The van der Waals surface area contributed by atoms with Crippen molar-refractivity contribution < 1.29 is 54.9 Å². The van der Waals surface area contributed by atoms with E-state index in [-0.39, 0.29) is 43.1 Å². The number of hydrogen-bond acceptors (Lipinski definition) is 9. The minimum absolute atomic E-state index is 0.0747. The van der Waals surface area contributed by atoms with Crippen LogP contribution in [-0.2, 0) is 26.2 Å². The van der Waals surface area contributed by atoms with Crippen LogP contribution in [0.25, 0.3) is 0 Å². The van der Waals surface area contributed by atoms with Gasteiger partial charge < -0.3 is 29.6 Å². The SMILES string of the molecule is O=C(NCc1cccc(OC(F)(F)F)c1)c1cn(CC(F)CCn2ccc(N(Cc3cccc(OC(F)(F)F)c3)C(=O)[O-])nc2=O)nn1. The number of rotatable bonds is 13. The van der Waals surface area contributed by atoms with E-state index in [2.05, 4.69) is 30.1 Å². The van der Waals surface area contributed by atoms with Gasteiger partial charge in [0.25, 0.3) is 5.91 Å². The molecule has 4 rings (SSSR count). The van der Waals surface area contributed by atoms with Gasteiger partial charge in [0.1, 0.15) is 29.6 Å². The van der Waals surface area contributed by atoms with E-state index in [4.69, 9.17) is 0 Å². The van der Waals surface area contributed by atoms with E-state index < -0.39 is 54.6 Å². The fourth-order valence-electron chi connectivity index (χ4n) is 4.19. The standard InChI is InChI=1S/C28H24F7N7O6/c29-19(15-41-16-22(38-39-41)24(43)36-13-17-3-1-5-20(11-17)47-27(30,31)32)7-9-40-10-8-23(37-25(40)44)42(26(45)46)14-18-4-2-6-21(12-18)48-28(33,34)35/h1-6,8,10-12,16,19H,7,9,13-15H2,(H,36,43)(H,45,46)/p-1. The van der Waals surface area contributed by atoms with E-state index in [0.29, 0.717) is 10.5 Å². The molecule has 4 aromatic rings. The molecule has 256 valence electrons. The molecule has 1 atom stereocenters. The quantitative estimate of drug-likeness (QED) is 0.209. The lowest BCUT2D eigenvalue weighted by Crippen LogP contribution is -2.42. The van der Waals surface area contributed by atoms with E-state index >= 15 is 0 Å². The first-order chi connectivity index (χ1) is 22.5. The third kappa shape index (κ3) is 10.7. The Balaban J connectivity index is 1.29. The van der Waals surface area contributed by atoms with Gasteiger partial charge >= 0.3 is 18.4 Å². The highest BCUT2D eigenvalue weighted by molar-refractivity contribution is 5.91. The number of halogens is 7. The van der Waals surface area contributed by atoms with E-state index in [1.807, 2.05) is 0 Å². The van der Waals surface area contributed by atoms with Crippen LogP contribution in [0, 0.1) is 0 Å². The normalized spacial score (nSPS) is 12.3. The number of aromatic nitrogens is 5. The second-order valence-electron chi connectivity index (χ2n) is 9.90. The largest absolute Gasteiger partial charge is 0.573 e. The number of carboxylic acid groups (broad SMARTS) is 1. The fourth-order valence-corrected chi connectivity index (χ4v) is 4.19. The average Bonchev–Trinajstić information content (AvgIpc) is 3.45. The predicted octanol–water partition coefficient (Wildman–Crippen LogP) is 3.34. The highest BCUT2D eigenvalue weighted by Crippen LogP contribution is 2.25. The molecule has 0 aliphatic heterocycles. The molecule has 48 heavy (non-hydrogen) atoms. The Labute approximate surface area is 265 Å². The highest BCUT2D eigenvalue weighted by Gasteiger charge is 2.32. The monoisotopic (exact) mass is 686 g/mol. The highest BCUT2D eigenvalue weighted by atomic mass is 19.4. The number of aryl methyl sites for hydroxylation is 1. The maximum absolute atomic E-state index is 14.7. The van der Waals surface area contributed by atoms with Crippen molar-refractivity contribution in [3.05, 3.63) is 94.3 Å². The lowest BCUT2D eigenvalue weighted by Gasteiger charge is -2.24. The van der Waals surface area contributed by atoms with E-state index in [9.17, 15) is 50.2 Å². The summed E-state index contributed by atoms with van der Waals surface area (Å²) in [5, 5.41) is 21.5. The lowest BCUT2D eigenvalue weighted by atomic mass is 10.2. The van der Waals surface area contributed by atoms with Crippen LogP contribution in [0.1, 0.15) is 28.0 Å². The number of ether oxygens (including phenoxy) is 2. The van der Waals surface area contributed by atoms with Crippen LogP contribution in [0.2, 0.25) is 0 Å². The first-order valence-corrected chi connectivity index (χ1v) is 13.6. The average molecular weight is 687 g/mol. The van der Waals surface area contributed by atoms with E-state index in [0.717, 1.165) is 52.0 Å². The van der Waals surface area contributed by atoms with Crippen LogP contribution in [0.3, 0.4) is 0 Å². The summed E-state index contributed by atoms with van der Waals surface area (Å²) in [4.78, 5) is 40.9. The van der Waals surface area contributed by atoms with Gasteiger partial charge in [-0.25, -0.2) is 13.9 Å². The van der Waals surface area contributed by atoms with Gasteiger partial charge in [0.2, 0.25) is 0 Å². The van der Waals surface area contributed by atoms with Gasteiger partial charge in [-0.15, -0.1) is 31.4 Å². The Kier molecular flexibility index (Phi) is 10.9. The van der Waals surface area contributed by atoms with Crippen molar-refractivity contribution in [2.45, 2.75) is 51.5 Å². The maximum atomic E-state index is 14.7. The van der Waals surface area contributed by atoms with E-state index in [1.54, 1.807) is 0 Å². The molecule has 0 aliphatic rings. The predicted molar refractivity (Wildman–Crippen MR) is 147 cm³/mol. The third-order valence-electron chi connectivity index (χ3n) is 6.25. The van der Waals surface area contributed by atoms with Crippen molar-refractivity contribution in [3.63, 3.8) is 0 Å². The Morgan fingerprint density at radius 3 is 2.19 bits per heavy atom. The molecule has 1 N–H and O–H groups in total. The molecule has 2 amide bonds. The van der Waals surface area contributed by atoms with Gasteiger partial charge in [-0.2, -0.15) is 4.98 Å². The molecule has 0 aliphatic carbocycles. The van der Waals surface area contributed by atoms with Gasteiger partial charge in [-0.3, -0.25) is 9.36 Å². The van der Waals surface area contributed by atoms with Crippen LogP contribution in [0.15, 0.2) is 71.8 Å². The Bertz CT molecular complexity index is 1790. The van der Waals surface area contributed by atoms with Crippen molar-refractivity contribution in [2.75, 3.05) is 4.90 Å². The van der Waals surface area contributed by atoms with Crippen molar-refractivity contribution in [1.82, 2.24) is 29.9 Å². The maximum Gasteiger partial charge on any atom is 0.573 e. The minimum atomic E-state index is -4.97. The number of nitrogens with zero attached hydrogens (tertiary/aromatic N) is 6. The molecule has 1 unspecified atom stereocenters. The molecule has 0 bridgehead atoms. The van der Waals surface area contributed by atoms with Crippen LogP contribution in [0.5, 0.6) is 11.5 Å². The first kappa shape index (κ1) is 35.2. The number of hydrogen-bond donors (Lipinski definition) is 1.